The van der Waals surface area contributed by atoms with E-state index < -0.39 is 0 Å². The molecule has 0 fully saturated rings. The molecule has 8 rings (SSSR count). The molecule has 0 aliphatic carbocycles. The van der Waals surface area contributed by atoms with Gasteiger partial charge in [0, 0.05) is 31.6 Å². The maximum atomic E-state index is 2.50. The number of hydrogen-bond donors (Lipinski definition) is 0. The Kier molecular flexibility index (Phi) is 4.16. The molecule has 0 saturated heterocycles. The molecule has 0 saturated carbocycles. The number of benzene rings is 6. The average molecular weight is 476 g/mol. The molecule has 0 N–H and O–H groups in total. The number of hydrogen-bond acceptors (Lipinski definition) is 1. The highest BCUT2D eigenvalue weighted by molar-refractivity contribution is 7.26. The van der Waals surface area contributed by atoms with Crippen LogP contribution in [-0.4, -0.2) is 4.57 Å². The fourth-order valence-electron chi connectivity index (χ4n) is 5.83. The highest BCUT2D eigenvalue weighted by Gasteiger charge is 2.19. The second-order valence-corrected chi connectivity index (χ2v) is 10.4. The van der Waals surface area contributed by atoms with Crippen LogP contribution < -0.4 is 0 Å². The summed E-state index contributed by atoms with van der Waals surface area (Å²) in [5.41, 5.74) is 6.28. The first-order chi connectivity index (χ1) is 17.9. The molecular formula is C34H21NS. The third kappa shape index (κ3) is 2.71. The van der Waals surface area contributed by atoms with E-state index in [4.69, 9.17) is 0 Å². The molecule has 0 spiro atoms. The summed E-state index contributed by atoms with van der Waals surface area (Å²) >= 11 is 1.90. The maximum Gasteiger partial charge on any atom is 0.0720 e. The normalized spacial score (nSPS) is 11.9. The Bertz CT molecular complexity index is 2090. The molecule has 168 valence electrons. The van der Waals surface area contributed by atoms with Gasteiger partial charge in [0.15, 0.2) is 0 Å². The van der Waals surface area contributed by atoms with Crippen molar-refractivity contribution in [3.63, 3.8) is 0 Å². The van der Waals surface area contributed by atoms with Gasteiger partial charge >= 0.3 is 0 Å². The number of nitrogens with zero attached hydrogens (tertiary/aromatic N) is 1. The zero-order chi connectivity index (χ0) is 23.6. The SMILES string of the molecule is c1ccc(-c2ccc(-n3c4ccccc4c4ccc5c6ccccc6sc5c43)c3ccccc23)cc1. The van der Waals surface area contributed by atoms with E-state index in [1.165, 1.54) is 69.6 Å². The third-order valence-electron chi connectivity index (χ3n) is 7.41. The van der Waals surface area contributed by atoms with E-state index in [0.29, 0.717) is 0 Å². The van der Waals surface area contributed by atoms with Gasteiger partial charge in [-0.15, -0.1) is 11.3 Å². The zero-order valence-electron chi connectivity index (χ0n) is 19.5. The molecular weight excluding hydrogens is 454 g/mol. The smallest absolute Gasteiger partial charge is 0.0720 e. The third-order valence-corrected chi connectivity index (χ3v) is 8.60. The highest BCUT2D eigenvalue weighted by atomic mass is 32.1. The van der Waals surface area contributed by atoms with E-state index in [-0.39, 0.29) is 0 Å². The van der Waals surface area contributed by atoms with Crippen molar-refractivity contribution in [3.8, 4) is 16.8 Å². The Morgan fingerprint density at radius 2 is 1.11 bits per heavy atom. The van der Waals surface area contributed by atoms with Crippen LogP contribution in [0.3, 0.4) is 0 Å². The highest BCUT2D eigenvalue weighted by Crippen LogP contribution is 2.44. The Morgan fingerprint density at radius 1 is 0.444 bits per heavy atom. The van der Waals surface area contributed by atoms with E-state index in [0.717, 1.165) is 0 Å². The van der Waals surface area contributed by atoms with Gasteiger partial charge in [0.2, 0.25) is 0 Å². The summed E-state index contributed by atoms with van der Waals surface area (Å²) in [6.45, 7) is 0. The number of rotatable bonds is 2. The van der Waals surface area contributed by atoms with Crippen LogP contribution >= 0.6 is 11.3 Å². The van der Waals surface area contributed by atoms with Gasteiger partial charge in [0.25, 0.3) is 0 Å². The molecule has 2 aromatic heterocycles. The molecule has 0 aliphatic heterocycles. The molecule has 8 aromatic rings. The van der Waals surface area contributed by atoms with Crippen LogP contribution in [0.25, 0.3) is 69.6 Å². The predicted molar refractivity (Wildman–Crippen MR) is 157 cm³/mol. The lowest BCUT2D eigenvalue weighted by atomic mass is 9.97. The number of para-hydroxylation sites is 1. The van der Waals surface area contributed by atoms with Gasteiger partial charge in [-0.3, -0.25) is 0 Å². The summed E-state index contributed by atoms with van der Waals surface area (Å²) in [5.74, 6) is 0. The van der Waals surface area contributed by atoms with Gasteiger partial charge in [-0.25, -0.2) is 0 Å². The summed E-state index contributed by atoms with van der Waals surface area (Å²) in [4.78, 5) is 0. The van der Waals surface area contributed by atoms with Crippen molar-refractivity contribution >= 4 is 64.1 Å². The standard InChI is InChI=1S/C34H21NS/c1-2-10-22(11-3-1)23-20-21-31(25-13-5-4-12-24(23)25)35-30-16-8-6-14-26(30)28-18-19-29-27-15-7-9-17-32(27)36-34(29)33(28)35/h1-21H. The molecule has 0 bridgehead atoms. The summed E-state index contributed by atoms with van der Waals surface area (Å²) in [7, 11) is 0. The first-order valence-corrected chi connectivity index (χ1v) is 13.1. The van der Waals surface area contributed by atoms with Crippen molar-refractivity contribution in [2.24, 2.45) is 0 Å². The molecule has 36 heavy (non-hydrogen) atoms. The number of aromatic nitrogens is 1. The Morgan fingerprint density at radius 3 is 1.97 bits per heavy atom. The lowest BCUT2D eigenvalue weighted by molar-refractivity contribution is 1.21. The van der Waals surface area contributed by atoms with Gasteiger partial charge in [-0.05, 0) is 34.7 Å². The van der Waals surface area contributed by atoms with E-state index >= 15 is 0 Å². The molecule has 0 unspecified atom stereocenters. The van der Waals surface area contributed by atoms with Crippen LogP contribution in [0.15, 0.2) is 127 Å². The number of thiophene rings is 1. The molecule has 0 radical (unpaired) electrons. The van der Waals surface area contributed by atoms with Crippen molar-refractivity contribution in [1.29, 1.82) is 0 Å². The van der Waals surface area contributed by atoms with Crippen molar-refractivity contribution in [2.75, 3.05) is 0 Å². The molecule has 2 heterocycles. The first kappa shape index (κ1) is 19.9. The van der Waals surface area contributed by atoms with Crippen LogP contribution in [-0.2, 0) is 0 Å². The fraction of sp³-hybridized carbons (Fsp3) is 0. The van der Waals surface area contributed by atoms with Crippen molar-refractivity contribution in [1.82, 2.24) is 4.57 Å². The molecule has 1 nitrogen and oxygen atoms in total. The van der Waals surface area contributed by atoms with E-state index in [1.807, 2.05) is 11.3 Å². The van der Waals surface area contributed by atoms with Crippen LogP contribution in [0, 0.1) is 0 Å². The minimum atomic E-state index is 1.22. The van der Waals surface area contributed by atoms with Crippen molar-refractivity contribution < 1.29 is 0 Å². The van der Waals surface area contributed by atoms with Crippen LogP contribution in [0.1, 0.15) is 0 Å². The van der Waals surface area contributed by atoms with Gasteiger partial charge in [-0.2, -0.15) is 0 Å². The molecule has 6 aromatic carbocycles. The fourth-order valence-corrected chi connectivity index (χ4v) is 7.07. The Balaban J connectivity index is 1.56. The lowest BCUT2D eigenvalue weighted by Gasteiger charge is -2.15. The molecule has 0 atom stereocenters. The summed E-state index contributed by atoms with van der Waals surface area (Å²) < 4.78 is 5.18. The first-order valence-electron chi connectivity index (χ1n) is 12.3. The molecule has 2 heteroatoms. The minimum Gasteiger partial charge on any atom is -0.307 e. The maximum absolute atomic E-state index is 2.50. The van der Waals surface area contributed by atoms with Crippen molar-refractivity contribution in [3.05, 3.63) is 127 Å². The largest absolute Gasteiger partial charge is 0.307 e. The Labute approximate surface area is 212 Å². The van der Waals surface area contributed by atoms with Gasteiger partial charge in [0.1, 0.15) is 0 Å². The van der Waals surface area contributed by atoms with Crippen LogP contribution in [0.5, 0.6) is 0 Å². The van der Waals surface area contributed by atoms with Crippen LogP contribution in [0.4, 0.5) is 0 Å². The second-order valence-electron chi connectivity index (χ2n) is 9.33. The average Bonchev–Trinajstić information content (AvgIpc) is 3.49. The van der Waals surface area contributed by atoms with E-state index in [2.05, 4.69) is 132 Å². The second kappa shape index (κ2) is 7.55. The topological polar surface area (TPSA) is 4.93 Å². The van der Waals surface area contributed by atoms with E-state index in [1.54, 1.807) is 0 Å². The van der Waals surface area contributed by atoms with E-state index in [9.17, 15) is 0 Å². The molecule has 0 aliphatic rings. The number of fused-ring (bicyclic) bond motifs is 8. The van der Waals surface area contributed by atoms with Gasteiger partial charge in [-0.1, -0.05) is 109 Å². The summed E-state index contributed by atoms with van der Waals surface area (Å²) in [6, 6.07) is 46.3. The minimum absolute atomic E-state index is 1.22. The van der Waals surface area contributed by atoms with Gasteiger partial charge in [0.05, 0.1) is 21.4 Å². The van der Waals surface area contributed by atoms with Crippen molar-refractivity contribution in [2.45, 2.75) is 0 Å². The van der Waals surface area contributed by atoms with Gasteiger partial charge < -0.3 is 4.57 Å². The summed E-state index contributed by atoms with van der Waals surface area (Å²) in [6.07, 6.45) is 0. The van der Waals surface area contributed by atoms with Crippen LogP contribution in [0.2, 0.25) is 0 Å². The molecule has 0 amide bonds. The lowest BCUT2D eigenvalue weighted by Crippen LogP contribution is -1.96. The zero-order valence-corrected chi connectivity index (χ0v) is 20.3. The Hall–Kier alpha value is -4.40. The predicted octanol–water partition coefficient (Wildman–Crippen LogP) is 9.97. The monoisotopic (exact) mass is 475 g/mol. The quantitative estimate of drug-likeness (QED) is 0.234. The summed E-state index contributed by atoms with van der Waals surface area (Å²) in [5, 5.41) is 7.80.